The number of carbonyl (C=O) groups is 3. The van der Waals surface area contributed by atoms with Crippen molar-refractivity contribution in [1.29, 1.82) is 0 Å². The predicted molar refractivity (Wildman–Crippen MR) is 106 cm³/mol. The molecule has 150 valence electrons. The summed E-state index contributed by atoms with van der Waals surface area (Å²) in [6.45, 7) is 4.38. The number of rotatable bonds is 5. The third-order valence-electron chi connectivity index (χ3n) is 5.28. The first-order valence-corrected chi connectivity index (χ1v) is 9.98. The summed E-state index contributed by atoms with van der Waals surface area (Å²) in [6.07, 6.45) is 3.50. The molecule has 0 saturated carbocycles. The minimum atomic E-state index is -0.870. The fourth-order valence-corrected chi connectivity index (χ4v) is 3.70. The van der Waals surface area contributed by atoms with Gasteiger partial charge in [0.2, 0.25) is 5.91 Å². The molecule has 1 aromatic rings. The Morgan fingerprint density at radius 3 is 2.68 bits per heavy atom. The molecule has 2 aliphatic heterocycles. The van der Waals surface area contributed by atoms with Gasteiger partial charge in [-0.15, -0.1) is 0 Å². The summed E-state index contributed by atoms with van der Waals surface area (Å²) in [7, 11) is 0. The highest BCUT2D eigenvalue weighted by atomic mass is 16.5. The highest BCUT2D eigenvalue weighted by Gasteiger charge is 2.32. The van der Waals surface area contributed by atoms with Gasteiger partial charge < -0.3 is 9.64 Å². The summed E-state index contributed by atoms with van der Waals surface area (Å²) in [5.41, 5.74) is 0.759. The Labute approximate surface area is 165 Å². The monoisotopic (exact) mass is 385 g/mol. The zero-order chi connectivity index (χ0) is 20.1. The molecule has 2 atom stereocenters. The van der Waals surface area contributed by atoms with E-state index in [1.807, 2.05) is 11.0 Å². The average Bonchev–Trinajstić information content (AvgIpc) is 2.74. The first-order valence-electron chi connectivity index (χ1n) is 9.98. The van der Waals surface area contributed by atoms with Gasteiger partial charge in [0.25, 0.3) is 5.91 Å². The van der Waals surface area contributed by atoms with E-state index in [-0.39, 0.29) is 36.4 Å². The number of hydrogen-bond donors (Lipinski definition) is 0. The maximum absolute atomic E-state index is 12.8. The van der Waals surface area contributed by atoms with Crippen LogP contribution in [0.5, 0.6) is 0 Å². The SMILES string of the molecule is CCC1CCCCN1C(=O)C(C)OC(=O)C1=NN(c2ccccc2)C(=O)CC1. The van der Waals surface area contributed by atoms with Gasteiger partial charge in [-0.25, -0.2) is 9.80 Å². The molecule has 28 heavy (non-hydrogen) atoms. The second-order valence-corrected chi connectivity index (χ2v) is 7.22. The normalized spacial score (nSPS) is 21.1. The quantitative estimate of drug-likeness (QED) is 0.730. The molecule has 7 heteroatoms. The molecule has 0 aromatic heterocycles. The van der Waals surface area contributed by atoms with Crippen LogP contribution in [0.4, 0.5) is 5.69 Å². The Morgan fingerprint density at radius 2 is 1.96 bits per heavy atom. The third kappa shape index (κ3) is 4.40. The van der Waals surface area contributed by atoms with Crippen molar-refractivity contribution >= 4 is 29.2 Å². The van der Waals surface area contributed by atoms with E-state index >= 15 is 0 Å². The summed E-state index contributed by atoms with van der Waals surface area (Å²) in [5, 5.41) is 5.42. The van der Waals surface area contributed by atoms with Gasteiger partial charge in [0.1, 0.15) is 5.71 Å². The fourth-order valence-electron chi connectivity index (χ4n) is 3.70. The van der Waals surface area contributed by atoms with Crippen LogP contribution in [0.1, 0.15) is 52.4 Å². The van der Waals surface area contributed by atoms with Gasteiger partial charge in [-0.05, 0) is 44.7 Å². The molecule has 0 spiro atoms. The molecule has 0 N–H and O–H groups in total. The molecule has 2 aliphatic rings. The summed E-state index contributed by atoms with van der Waals surface area (Å²) in [5.74, 6) is -0.974. The predicted octanol–water partition coefficient (Wildman–Crippen LogP) is 2.89. The number of amides is 2. The molecule has 2 heterocycles. The number of likely N-dealkylation sites (tertiary alicyclic amines) is 1. The van der Waals surface area contributed by atoms with Crippen LogP contribution in [0, 0.1) is 0 Å². The number of carbonyl (C=O) groups excluding carboxylic acids is 3. The second-order valence-electron chi connectivity index (χ2n) is 7.22. The van der Waals surface area contributed by atoms with E-state index in [9.17, 15) is 14.4 Å². The van der Waals surface area contributed by atoms with Crippen LogP contribution >= 0.6 is 0 Å². The lowest BCUT2D eigenvalue weighted by molar-refractivity contribution is -0.156. The lowest BCUT2D eigenvalue weighted by atomic mass is 9.99. The Hall–Kier alpha value is -2.70. The molecule has 7 nitrogen and oxygen atoms in total. The number of hydrogen-bond acceptors (Lipinski definition) is 5. The largest absolute Gasteiger partial charge is 0.448 e. The van der Waals surface area contributed by atoms with E-state index in [4.69, 9.17) is 4.74 Å². The Morgan fingerprint density at radius 1 is 1.21 bits per heavy atom. The number of anilines is 1. The van der Waals surface area contributed by atoms with Crippen molar-refractivity contribution in [2.75, 3.05) is 11.6 Å². The number of esters is 1. The topological polar surface area (TPSA) is 79.3 Å². The van der Waals surface area contributed by atoms with Crippen molar-refractivity contribution in [3.05, 3.63) is 30.3 Å². The summed E-state index contributed by atoms with van der Waals surface area (Å²) >= 11 is 0. The standard InChI is InChI=1S/C21H27N3O4/c1-3-16-9-7-8-14-23(16)20(26)15(2)28-21(27)18-12-13-19(25)24(22-18)17-10-5-4-6-11-17/h4-6,10-11,15-16H,3,7-9,12-14H2,1-2H3. The molecule has 3 rings (SSSR count). The van der Waals surface area contributed by atoms with E-state index in [2.05, 4.69) is 12.0 Å². The van der Waals surface area contributed by atoms with Crippen LogP contribution in [0.3, 0.4) is 0 Å². The zero-order valence-corrected chi connectivity index (χ0v) is 16.5. The molecule has 0 bridgehead atoms. The first-order chi connectivity index (χ1) is 13.5. The molecule has 1 aromatic carbocycles. The van der Waals surface area contributed by atoms with Crippen molar-refractivity contribution in [1.82, 2.24) is 4.90 Å². The van der Waals surface area contributed by atoms with E-state index in [0.29, 0.717) is 12.2 Å². The van der Waals surface area contributed by atoms with Crippen LogP contribution in [0.25, 0.3) is 0 Å². The maximum atomic E-state index is 12.8. The molecule has 0 radical (unpaired) electrons. The van der Waals surface area contributed by atoms with Crippen molar-refractivity contribution in [3.8, 4) is 0 Å². The zero-order valence-electron chi connectivity index (χ0n) is 16.5. The molecule has 1 saturated heterocycles. The first kappa shape index (κ1) is 20.0. The fraction of sp³-hybridized carbons (Fsp3) is 0.524. The number of benzene rings is 1. The maximum Gasteiger partial charge on any atom is 0.355 e. The van der Waals surface area contributed by atoms with Crippen LogP contribution in [0.15, 0.2) is 35.4 Å². The lowest BCUT2D eigenvalue weighted by Gasteiger charge is -2.36. The molecule has 2 amide bonds. The number of piperidine rings is 1. The summed E-state index contributed by atoms with van der Waals surface area (Å²) < 4.78 is 5.42. The highest BCUT2D eigenvalue weighted by Crippen LogP contribution is 2.22. The number of nitrogens with zero attached hydrogens (tertiary/aromatic N) is 3. The highest BCUT2D eigenvalue weighted by molar-refractivity contribution is 6.38. The van der Waals surface area contributed by atoms with Crippen LogP contribution in [0.2, 0.25) is 0 Å². The number of hydrazone groups is 1. The Kier molecular flexibility index (Phi) is 6.44. The smallest absolute Gasteiger partial charge is 0.355 e. The minimum Gasteiger partial charge on any atom is -0.448 e. The summed E-state index contributed by atoms with van der Waals surface area (Å²) in [4.78, 5) is 39.3. The van der Waals surface area contributed by atoms with Gasteiger partial charge in [0.05, 0.1) is 5.69 Å². The average molecular weight is 385 g/mol. The third-order valence-corrected chi connectivity index (χ3v) is 5.28. The lowest BCUT2D eigenvalue weighted by Crippen LogP contribution is -2.48. The van der Waals surface area contributed by atoms with Gasteiger partial charge >= 0.3 is 5.97 Å². The van der Waals surface area contributed by atoms with E-state index in [0.717, 1.165) is 25.7 Å². The number of ether oxygens (including phenoxy) is 1. The van der Waals surface area contributed by atoms with Gasteiger partial charge in [0, 0.05) is 25.4 Å². The van der Waals surface area contributed by atoms with Gasteiger partial charge in [0.15, 0.2) is 6.10 Å². The van der Waals surface area contributed by atoms with E-state index in [1.54, 1.807) is 31.2 Å². The molecular formula is C21H27N3O4. The summed E-state index contributed by atoms with van der Waals surface area (Å²) in [6, 6.07) is 9.16. The van der Waals surface area contributed by atoms with Crippen molar-refractivity contribution in [3.63, 3.8) is 0 Å². The van der Waals surface area contributed by atoms with E-state index in [1.165, 1.54) is 5.01 Å². The number of para-hydroxylation sites is 1. The van der Waals surface area contributed by atoms with Crippen LogP contribution < -0.4 is 5.01 Å². The van der Waals surface area contributed by atoms with Crippen LogP contribution in [-0.2, 0) is 19.1 Å². The van der Waals surface area contributed by atoms with E-state index < -0.39 is 12.1 Å². The Balaban J connectivity index is 1.68. The van der Waals surface area contributed by atoms with Crippen molar-refractivity contribution < 1.29 is 19.1 Å². The minimum absolute atomic E-state index is 0.160. The molecular weight excluding hydrogens is 358 g/mol. The Bertz CT molecular complexity index is 762. The second kappa shape index (κ2) is 8.99. The van der Waals surface area contributed by atoms with Crippen molar-refractivity contribution in [2.24, 2.45) is 5.10 Å². The molecule has 0 aliphatic carbocycles. The van der Waals surface area contributed by atoms with Gasteiger partial charge in [-0.3, -0.25) is 9.59 Å². The van der Waals surface area contributed by atoms with Crippen molar-refractivity contribution in [2.45, 2.75) is 64.5 Å². The molecule has 2 unspecified atom stereocenters. The van der Waals surface area contributed by atoms with Gasteiger partial charge in [-0.2, -0.15) is 5.10 Å². The van der Waals surface area contributed by atoms with Crippen LogP contribution in [-0.4, -0.2) is 47.1 Å². The molecule has 1 fully saturated rings. The van der Waals surface area contributed by atoms with Gasteiger partial charge in [-0.1, -0.05) is 25.1 Å².